The predicted octanol–water partition coefficient (Wildman–Crippen LogP) is 1.78. The van der Waals surface area contributed by atoms with Gasteiger partial charge in [-0.05, 0) is 18.8 Å². The fraction of sp³-hybridized carbons (Fsp3) is 0.636. The molecule has 0 saturated heterocycles. The molecule has 1 heterocycles. The number of aliphatic hydroxyl groups excluding tert-OH is 1. The molecule has 0 fully saturated rings. The van der Waals surface area contributed by atoms with Crippen LogP contribution in [-0.4, -0.2) is 28.2 Å². The molecule has 4 heteroatoms. The smallest absolute Gasteiger partial charge is 0.129 e. The van der Waals surface area contributed by atoms with Crippen molar-refractivity contribution in [1.29, 1.82) is 0 Å². The monoisotopic (exact) mass is 209 g/mol. The minimum Gasteiger partial charge on any atom is -0.396 e. The van der Waals surface area contributed by atoms with E-state index in [0.717, 1.165) is 30.9 Å². The van der Waals surface area contributed by atoms with Crippen molar-refractivity contribution in [3.63, 3.8) is 0 Å². The van der Waals surface area contributed by atoms with E-state index in [2.05, 4.69) is 29.1 Å². The largest absolute Gasteiger partial charge is 0.396 e. The third kappa shape index (κ3) is 4.25. The maximum Gasteiger partial charge on any atom is 0.129 e. The van der Waals surface area contributed by atoms with Crippen LogP contribution in [0, 0.1) is 0 Å². The number of aliphatic hydroxyl groups is 1. The van der Waals surface area contributed by atoms with E-state index < -0.39 is 0 Å². The number of nitrogens with zero attached hydrogens (tertiary/aromatic N) is 2. The quantitative estimate of drug-likeness (QED) is 0.701. The van der Waals surface area contributed by atoms with Crippen LogP contribution in [-0.2, 0) is 0 Å². The molecule has 84 valence electrons. The van der Waals surface area contributed by atoms with Crippen LogP contribution in [0.5, 0.6) is 0 Å². The molecule has 1 aromatic rings. The Morgan fingerprint density at radius 1 is 1.33 bits per heavy atom. The van der Waals surface area contributed by atoms with E-state index in [4.69, 9.17) is 5.11 Å². The van der Waals surface area contributed by atoms with Gasteiger partial charge in [0.2, 0.25) is 0 Å². The average Bonchev–Trinajstić information content (AvgIpc) is 2.25. The summed E-state index contributed by atoms with van der Waals surface area (Å²) in [6, 6.07) is 1.98. The van der Waals surface area contributed by atoms with Crippen LogP contribution in [0.2, 0.25) is 0 Å². The normalized spacial score (nSPS) is 10.7. The van der Waals surface area contributed by atoms with Gasteiger partial charge < -0.3 is 10.4 Å². The zero-order valence-electron chi connectivity index (χ0n) is 9.40. The summed E-state index contributed by atoms with van der Waals surface area (Å²) < 4.78 is 0. The first kappa shape index (κ1) is 11.9. The van der Waals surface area contributed by atoms with Gasteiger partial charge in [0.15, 0.2) is 0 Å². The summed E-state index contributed by atoms with van der Waals surface area (Å²) in [5.74, 6) is 1.29. The van der Waals surface area contributed by atoms with Gasteiger partial charge in [0.25, 0.3) is 0 Å². The summed E-state index contributed by atoms with van der Waals surface area (Å²) in [5, 5.41) is 11.8. The van der Waals surface area contributed by atoms with E-state index >= 15 is 0 Å². The Balaban J connectivity index is 2.43. The fourth-order valence-electron chi connectivity index (χ4n) is 1.24. The minimum absolute atomic E-state index is 0.253. The molecule has 1 rings (SSSR count). The Morgan fingerprint density at radius 2 is 2.13 bits per heavy atom. The van der Waals surface area contributed by atoms with Gasteiger partial charge in [0.05, 0.1) is 0 Å². The summed E-state index contributed by atoms with van der Waals surface area (Å²) in [4.78, 5) is 8.33. The summed E-state index contributed by atoms with van der Waals surface area (Å²) in [5.41, 5.74) is 1.05. The van der Waals surface area contributed by atoms with Crippen LogP contribution in [0.25, 0.3) is 0 Å². The second-order valence-electron chi connectivity index (χ2n) is 3.84. The topological polar surface area (TPSA) is 58.0 Å². The number of hydrogen-bond donors (Lipinski definition) is 2. The van der Waals surface area contributed by atoms with Crippen LogP contribution in [0.1, 0.15) is 38.3 Å². The van der Waals surface area contributed by atoms with Gasteiger partial charge in [-0.2, -0.15) is 0 Å². The molecule has 0 atom stereocenters. The van der Waals surface area contributed by atoms with Gasteiger partial charge in [-0.25, -0.2) is 9.97 Å². The second kappa shape index (κ2) is 6.35. The first-order chi connectivity index (χ1) is 7.24. The highest BCUT2D eigenvalue weighted by atomic mass is 16.2. The Kier molecular flexibility index (Phi) is 5.04. The van der Waals surface area contributed by atoms with Gasteiger partial charge in [-0.1, -0.05) is 13.8 Å². The van der Waals surface area contributed by atoms with Crippen molar-refractivity contribution >= 4 is 5.82 Å². The van der Waals surface area contributed by atoms with Gasteiger partial charge in [0, 0.05) is 24.9 Å². The third-order valence-electron chi connectivity index (χ3n) is 2.17. The summed E-state index contributed by atoms with van der Waals surface area (Å²) in [6.45, 7) is 5.31. The molecule has 0 bridgehead atoms. The van der Waals surface area contributed by atoms with Crippen molar-refractivity contribution in [2.45, 2.75) is 32.6 Å². The highest BCUT2D eigenvalue weighted by Gasteiger charge is 2.01. The van der Waals surface area contributed by atoms with Crippen molar-refractivity contribution in [2.75, 3.05) is 18.5 Å². The number of nitrogens with one attached hydrogen (secondary N) is 1. The molecule has 0 saturated carbocycles. The first-order valence-corrected chi connectivity index (χ1v) is 5.40. The summed E-state index contributed by atoms with van der Waals surface area (Å²) >= 11 is 0. The van der Waals surface area contributed by atoms with Crippen molar-refractivity contribution in [3.05, 3.63) is 18.1 Å². The van der Waals surface area contributed by atoms with Gasteiger partial charge in [-0.3, -0.25) is 0 Å². The molecule has 0 aliphatic heterocycles. The molecule has 0 aromatic carbocycles. The third-order valence-corrected chi connectivity index (χ3v) is 2.17. The number of aromatic nitrogens is 2. The average molecular weight is 209 g/mol. The zero-order chi connectivity index (χ0) is 11.1. The van der Waals surface area contributed by atoms with E-state index in [1.165, 1.54) is 0 Å². The van der Waals surface area contributed by atoms with E-state index in [1.54, 1.807) is 6.33 Å². The maximum absolute atomic E-state index is 8.63. The highest BCUT2D eigenvalue weighted by Crippen LogP contribution is 2.13. The molecule has 0 aliphatic carbocycles. The Morgan fingerprint density at radius 3 is 2.80 bits per heavy atom. The summed E-state index contributed by atoms with van der Waals surface area (Å²) in [7, 11) is 0. The van der Waals surface area contributed by atoms with Crippen LogP contribution in [0.15, 0.2) is 12.4 Å². The molecular weight excluding hydrogens is 190 g/mol. The van der Waals surface area contributed by atoms with E-state index in [9.17, 15) is 0 Å². The van der Waals surface area contributed by atoms with Crippen molar-refractivity contribution < 1.29 is 5.11 Å². The fourth-order valence-corrected chi connectivity index (χ4v) is 1.24. The lowest BCUT2D eigenvalue weighted by Gasteiger charge is -2.07. The Bertz CT molecular complexity index is 289. The van der Waals surface area contributed by atoms with Gasteiger partial charge in [0.1, 0.15) is 12.1 Å². The molecule has 0 spiro atoms. The minimum atomic E-state index is 0.253. The SMILES string of the molecule is CC(C)c1cc(NCCCCO)ncn1. The molecule has 4 nitrogen and oxygen atoms in total. The van der Waals surface area contributed by atoms with E-state index in [1.807, 2.05) is 6.07 Å². The van der Waals surface area contributed by atoms with Crippen LogP contribution in [0.4, 0.5) is 5.82 Å². The van der Waals surface area contributed by atoms with Crippen molar-refractivity contribution in [1.82, 2.24) is 9.97 Å². The Labute approximate surface area is 90.8 Å². The Hall–Kier alpha value is -1.16. The second-order valence-corrected chi connectivity index (χ2v) is 3.84. The lowest BCUT2D eigenvalue weighted by atomic mass is 10.1. The molecule has 2 N–H and O–H groups in total. The van der Waals surface area contributed by atoms with Crippen LogP contribution < -0.4 is 5.32 Å². The van der Waals surface area contributed by atoms with E-state index in [0.29, 0.717) is 5.92 Å². The molecule has 0 amide bonds. The number of anilines is 1. The van der Waals surface area contributed by atoms with Crippen molar-refractivity contribution in [2.24, 2.45) is 0 Å². The lowest BCUT2D eigenvalue weighted by molar-refractivity contribution is 0.286. The molecule has 15 heavy (non-hydrogen) atoms. The predicted molar refractivity (Wildman–Crippen MR) is 60.9 cm³/mol. The zero-order valence-corrected chi connectivity index (χ0v) is 9.40. The number of rotatable bonds is 6. The van der Waals surface area contributed by atoms with Gasteiger partial charge in [-0.15, -0.1) is 0 Å². The van der Waals surface area contributed by atoms with Crippen LogP contribution >= 0.6 is 0 Å². The molecular formula is C11H19N3O. The standard InChI is InChI=1S/C11H19N3O/c1-9(2)10-7-11(14-8-13-10)12-5-3-4-6-15/h7-9,15H,3-6H2,1-2H3,(H,12,13,14). The van der Waals surface area contributed by atoms with E-state index in [-0.39, 0.29) is 6.61 Å². The molecule has 1 aromatic heterocycles. The van der Waals surface area contributed by atoms with Crippen molar-refractivity contribution in [3.8, 4) is 0 Å². The number of hydrogen-bond acceptors (Lipinski definition) is 4. The maximum atomic E-state index is 8.63. The first-order valence-electron chi connectivity index (χ1n) is 5.40. The van der Waals surface area contributed by atoms with Crippen LogP contribution in [0.3, 0.4) is 0 Å². The molecule has 0 radical (unpaired) electrons. The number of unbranched alkanes of at least 4 members (excludes halogenated alkanes) is 1. The summed E-state index contributed by atoms with van der Waals surface area (Å²) in [6.07, 6.45) is 3.37. The molecule has 0 unspecified atom stereocenters. The lowest BCUT2D eigenvalue weighted by Crippen LogP contribution is -2.05. The molecule has 0 aliphatic rings. The highest BCUT2D eigenvalue weighted by molar-refractivity contribution is 5.35. The van der Waals surface area contributed by atoms with Gasteiger partial charge >= 0.3 is 0 Å².